The maximum absolute atomic E-state index is 14.1. The molecule has 0 bridgehead atoms. The minimum Gasteiger partial charge on any atom is -0.352 e. The minimum absolute atomic E-state index is 0.00713. The first kappa shape index (κ1) is 28.9. The van der Waals surface area contributed by atoms with Gasteiger partial charge in [-0.3, -0.25) is 4.79 Å². The Labute approximate surface area is 207 Å². The number of carbonyl (C=O) groups is 1. The molecule has 2 aromatic rings. The zero-order chi connectivity index (χ0) is 25.8. The van der Waals surface area contributed by atoms with Gasteiger partial charge in [-0.15, -0.1) is 0 Å². The highest BCUT2D eigenvalue weighted by atomic mass is 32.2. The summed E-state index contributed by atoms with van der Waals surface area (Å²) in [4.78, 5) is 12.4. The third-order valence-corrected chi connectivity index (χ3v) is 8.06. The van der Waals surface area contributed by atoms with Crippen LogP contribution in [0.1, 0.15) is 61.5 Å². The SMILES string of the molecule is CCCCS(=O)(=O)C(c1cc(F)cc(F)c1)[C@H](CCNCc1cccc(CC)c1)NC(=O)CCN. The first-order valence-corrected chi connectivity index (χ1v) is 13.9. The van der Waals surface area contributed by atoms with Crippen LogP contribution in [-0.2, 0) is 27.6 Å². The monoisotopic (exact) mass is 509 g/mol. The van der Waals surface area contributed by atoms with Crippen molar-refractivity contribution in [2.75, 3.05) is 18.8 Å². The van der Waals surface area contributed by atoms with Crippen LogP contribution in [0.2, 0.25) is 0 Å². The van der Waals surface area contributed by atoms with E-state index in [0.29, 0.717) is 32.0 Å². The van der Waals surface area contributed by atoms with Gasteiger partial charge in [0.2, 0.25) is 5.91 Å². The summed E-state index contributed by atoms with van der Waals surface area (Å²) in [7, 11) is -3.84. The first-order chi connectivity index (χ1) is 16.7. The van der Waals surface area contributed by atoms with E-state index in [9.17, 15) is 22.0 Å². The van der Waals surface area contributed by atoms with Crippen LogP contribution in [0.5, 0.6) is 0 Å². The third kappa shape index (κ3) is 9.31. The predicted octanol–water partition coefficient (Wildman–Crippen LogP) is 3.80. The Bertz CT molecular complexity index is 1040. The van der Waals surface area contributed by atoms with Crippen LogP contribution in [0.25, 0.3) is 0 Å². The molecule has 0 aliphatic carbocycles. The molecule has 0 spiro atoms. The molecule has 2 aromatic carbocycles. The van der Waals surface area contributed by atoms with Crippen LogP contribution >= 0.6 is 0 Å². The normalized spacial score (nSPS) is 13.4. The molecule has 0 aliphatic rings. The van der Waals surface area contributed by atoms with Crippen molar-refractivity contribution < 1.29 is 22.0 Å². The average molecular weight is 510 g/mol. The number of aryl methyl sites for hydroxylation is 1. The highest BCUT2D eigenvalue weighted by Gasteiger charge is 2.36. The van der Waals surface area contributed by atoms with Gasteiger partial charge in [0.1, 0.15) is 16.9 Å². The number of carbonyl (C=O) groups excluding carboxylic acids is 1. The number of benzene rings is 2. The van der Waals surface area contributed by atoms with E-state index in [1.165, 1.54) is 5.56 Å². The van der Waals surface area contributed by atoms with Crippen molar-refractivity contribution in [3.8, 4) is 0 Å². The third-order valence-electron chi connectivity index (χ3n) is 5.83. The number of rotatable bonds is 15. The Morgan fingerprint density at radius 3 is 2.37 bits per heavy atom. The number of sulfone groups is 1. The van der Waals surface area contributed by atoms with Gasteiger partial charge < -0.3 is 16.4 Å². The molecule has 2 atom stereocenters. The molecular weight excluding hydrogens is 472 g/mol. The first-order valence-electron chi connectivity index (χ1n) is 12.2. The summed E-state index contributed by atoms with van der Waals surface area (Å²) < 4.78 is 54.9. The van der Waals surface area contributed by atoms with Crippen molar-refractivity contribution >= 4 is 15.7 Å². The molecule has 6 nitrogen and oxygen atoms in total. The van der Waals surface area contributed by atoms with Gasteiger partial charge in [-0.05, 0) is 54.6 Å². The minimum atomic E-state index is -3.84. The van der Waals surface area contributed by atoms with E-state index in [4.69, 9.17) is 5.73 Å². The van der Waals surface area contributed by atoms with E-state index >= 15 is 0 Å². The Morgan fingerprint density at radius 1 is 1.06 bits per heavy atom. The average Bonchev–Trinajstić information content (AvgIpc) is 2.80. The summed E-state index contributed by atoms with van der Waals surface area (Å²) in [6.45, 7) is 5.01. The molecule has 2 rings (SSSR count). The van der Waals surface area contributed by atoms with Gasteiger partial charge in [-0.2, -0.15) is 0 Å². The maximum atomic E-state index is 14.1. The molecule has 0 fully saturated rings. The zero-order valence-electron chi connectivity index (χ0n) is 20.5. The Kier molecular flexibility index (Phi) is 11.8. The summed E-state index contributed by atoms with van der Waals surface area (Å²) in [5, 5.41) is 4.78. The zero-order valence-corrected chi connectivity index (χ0v) is 21.3. The largest absolute Gasteiger partial charge is 0.352 e. The lowest BCUT2D eigenvalue weighted by atomic mass is 10.0. The number of hydrogen-bond acceptors (Lipinski definition) is 5. The Hall–Kier alpha value is -2.36. The highest BCUT2D eigenvalue weighted by Crippen LogP contribution is 2.31. The van der Waals surface area contributed by atoms with E-state index in [1.54, 1.807) is 0 Å². The molecule has 0 saturated carbocycles. The van der Waals surface area contributed by atoms with Gasteiger partial charge in [0.15, 0.2) is 9.84 Å². The van der Waals surface area contributed by atoms with Gasteiger partial charge >= 0.3 is 0 Å². The van der Waals surface area contributed by atoms with Gasteiger partial charge in [0, 0.05) is 25.6 Å². The number of halogens is 2. The van der Waals surface area contributed by atoms with Crippen molar-refractivity contribution in [1.29, 1.82) is 0 Å². The van der Waals surface area contributed by atoms with Crippen LogP contribution in [-0.4, -0.2) is 39.2 Å². The van der Waals surface area contributed by atoms with Crippen molar-refractivity contribution in [3.05, 3.63) is 70.8 Å². The van der Waals surface area contributed by atoms with Gasteiger partial charge in [0.05, 0.1) is 11.8 Å². The Morgan fingerprint density at radius 2 is 1.74 bits per heavy atom. The molecule has 1 unspecified atom stereocenters. The summed E-state index contributed by atoms with van der Waals surface area (Å²) in [5.41, 5.74) is 7.80. The smallest absolute Gasteiger partial charge is 0.221 e. The molecule has 4 N–H and O–H groups in total. The van der Waals surface area contributed by atoms with Crippen LogP contribution in [0, 0.1) is 11.6 Å². The van der Waals surface area contributed by atoms with Crippen molar-refractivity contribution in [3.63, 3.8) is 0 Å². The number of nitrogens with one attached hydrogen (secondary N) is 2. The lowest BCUT2D eigenvalue weighted by Gasteiger charge is -2.29. The van der Waals surface area contributed by atoms with Gasteiger partial charge in [-0.1, -0.05) is 44.5 Å². The van der Waals surface area contributed by atoms with Crippen LogP contribution < -0.4 is 16.4 Å². The van der Waals surface area contributed by atoms with Crippen molar-refractivity contribution in [1.82, 2.24) is 10.6 Å². The van der Waals surface area contributed by atoms with Gasteiger partial charge in [0.25, 0.3) is 0 Å². The molecular formula is C26H37F2N3O3S. The summed E-state index contributed by atoms with van der Waals surface area (Å²) in [6, 6.07) is 10.0. The van der Waals surface area contributed by atoms with E-state index in [2.05, 4.69) is 29.7 Å². The molecule has 0 radical (unpaired) electrons. The number of amides is 1. The summed E-state index contributed by atoms with van der Waals surface area (Å²) in [6.07, 6.45) is 2.24. The molecule has 194 valence electrons. The summed E-state index contributed by atoms with van der Waals surface area (Å²) >= 11 is 0. The highest BCUT2D eigenvalue weighted by molar-refractivity contribution is 7.91. The van der Waals surface area contributed by atoms with Crippen LogP contribution in [0.15, 0.2) is 42.5 Å². The van der Waals surface area contributed by atoms with E-state index in [-0.39, 0.29) is 30.7 Å². The summed E-state index contributed by atoms with van der Waals surface area (Å²) in [5.74, 6) is -2.28. The van der Waals surface area contributed by atoms with Crippen molar-refractivity contribution in [2.45, 2.75) is 63.8 Å². The molecule has 35 heavy (non-hydrogen) atoms. The molecule has 0 aliphatic heterocycles. The van der Waals surface area contributed by atoms with Gasteiger partial charge in [-0.25, -0.2) is 17.2 Å². The second-order valence-electron chi connectivity index (χ2n) is 8.70. The van der Waals surface area contributed by atoms with E-state index in [1.807, 2.05) is 19.1 Å². The second kappa shape index (κ2) is 14.3. The Balaban J connectivity index is 2.30. The standard InChI is InChI=1S/C26H37F2N3O3S/c1-3-5-13-35(33,34)26(21-15-22(27)17-23(28)16-21)24(31-25(32)9-11-29)10-12-30-18-20-8-6-7-19(4-2)14-20/h6-8,14-17,24,26,30H,3-5,9-13,18,29H2,1-2H3,(H,31,32)/t24-,26?/m0/s1. The topological polar surface area (TPSA) is 101 Å². The quantitative estimate of drug-likeness (QED) is 0.317. The lowest BCUT2D eigenvalue weighted by Crippen LogP contribution is -2.44. The van der Waals surface area contributed by atoms with Crippen LogP contribution in [0.4, 0.5) is 8.78 Å². The maximum Gasteiger partial charge on any atom is 0.221 e. The van der Waals surface area contributed by atoms with E-state index < -0.39 is 38.7 Å². The molecule has 0 heterocycles. The second-order valence-corrected chi connectivity index (χ2v) is 10.9. The fourth-order valence-corrected chi connectivity index (χ4v) is 6.26. The number of nitrogens with two attached hydrogens (primary N) is 1. The molecule has 0 aromatic heterocycles. The predicted molar refractivity (Wildman–Crippen MR) is 136 cm³/mol. The molecule has 1 amide bonds. The molecule has 0 saturated heterocycles. The fraction of sp³-hybridized carbons (Fsp3) is 0.500. The molecule has 9 heteroatoms. The van der Waals surface area contributed by atoms with Crippen LogP contribution in [0.3, 0.4) is 0 Å². The number of hydrogen-bond donors (Lipinski definition) is 3. The number of unbranched alkanes of at least 4 members (excludes halogenated alkanes) is 1. The fourth-order valence-electron chi connectivity index (χ4n) is 4.06. The van der Waals surface area contributed by atoms with E-state index in [0.717, 1.165) is 24.1 Å². The van der Waals surface area contributed by atoms with Crippen molar-refractivity contribution in [2.24, 2.45) is 5.73 Å². The lowest BCUT2D eigenvalue weighted by molar-refractivity contribution is -0.121.